The lowest BCUT2D eigenvalue weighted by molar-refractivity contribution is -0.148. The van der Waals surface area contributed by atoms with Crippen LogP contribution in [-0.4, -0.2) is 50.5 Å². The van der Waals surface area contributed by atoms with Gasteiger partial charge in [-0.15, -0.1) is 0 Å². The molecule has 2 atom stereocenters. The summed E-state index contributed by atoms with van der Waals surface area (Å²) in [7, 11) is 4.03. The zero-order chi connectivity index (χ0) is 21.5. The van der Waals surface area contributed by atoms with Crippen molar-refractivity contribution in [3.63, 3.8) is 0 Å². The highest BCUT2D eigenvalue weighted by atomic mass is 16.7. The van der Waals surface area contributed by atoms with Gasteiger partial charge in [0, 0.05) is 18.0 Å². The third-order valence-corrected chi connectivity index (χ3v) is 5.42. The maximum absolute atomic E-state index is 13.0. The predicted octanol–water partition coefficient (Wildman–Crippen LogP) is 2.24. The van der Waals surface area contributed by atoms with Crippen molar-refractivity contribution >= 4 is 18.0 Å². The summed E-state index contributed by atoms with van der Waals surface area (Å²) in [6.45, 7) is 2.29. The van der Waals surface area contributed by atoms with Crippen molar-refractivity contribution in [1.29, 1.82) is 0 Å². The van der Waals surface area contributed by atoms with E-state index in [0.29, 0.717) is 34.8 Å². The Morgan fingerprint density at radius 3 is 2.40 bits per heavy atom. The van der Waals surface area contributed by atoms with Gasteiger partial charge in [0.1, 0.15) is 0 Å². The smallest absolute Gasteiger partial charge is 0.347 e. The van der Waals surface area contributed by atoms with Crippen LogP contribution in [0.1, 0.15) is 23.6 Å². The minimum absolute atomic E-state index is 0.0498. The molecule has 1 fully saturated rings. The average Bonchev–Trinajstić information content (AvgIpc) is 3.51. The van der Waals surface area contributed by atoms with Gasteiger partial charge in [0.15, 0.2) is 17.1 Å². The number of rotatable bonds is 6. The van der Waals surface area contributed by atoms with Crippen LogP contribution in [0.2, 0.25) is 0 Å². The molecule has 0 N–H and O–H groups in total. The molecular formula is C22H21NO7. The number of methoxy groups -OCH3 is 3. The molecule has 2 unspecified atom stereocenters. The molecule has 8 nitrogen and oxygen atoms in total. The van der Waals surface area contributed by atoms with E-state index >= 15 is 0 Å². The van der Waals surface area contributed by atoms with Crippen molar-refractivity contribution in [2.75, 3.05) is 27.9 Å². The molecule has 2 aromatic rings. The summed E-state index contributed by atoms with van der Waals surface area (Å²) in [5.41, 5.74) is -0.991. The molecule has 0 spiro atoms. The van der Waals surface area contributed by atoms with Gasteiger partial charge in [-0.3, -0.25) is 4.98 Å². The van der Waals surface area contributed by atoms with E-state index in [1.165, 1.54) is 21.3 Å². The summed E-state index contributed by atoms with van der Waals surface area (Å²) in [5.74, 6) is -0.395. The van der Waals surface area contributed by atoms with Crippen LogP contribution in [0.15, 0.2) is 42.2 Å². The van der Waals surface area contributed by atoms with Crippen molar-refractivity contribution in [1.82, 2.24) is 4.98 Å². The van der Waals surface area contributed by atoms with E-state index in [-0.39, 0.29) is 5.57 Å². The predicted molar refractivity (Wildman–Crippen MR) is 105 cm³/mol. The molecule has 0 radical (unpaired) electrons. The van der Waals surface area contributed by atoms with Gasteiger partial charge in [-0.05, 0) is 48.4 Å². The summed E-state index contributed by atoms with van der Waals surface area (Å²) in [5, 5.41) is 0. The first-order valence-electron chi connectivity index (χ1n) is 9.35. The van der Waals surface area contributed by atoms with E-state index in [1.54, 1.807) is 42.7 Å². The molecule has 0 bridgehead atoms. The molecule has 156 valence electrons. The number of fused-ring (bicyclic) bond motifs is 3. The maximum atomic E-state index is 13.0. The summed E-state index contributed by atoms with van der Waals surface area (Å²) < 4.78 is 27.4. The second kappa shape index (κ2) is 7.14. The number of hydrogen-bond donors (Lipinski definition) is 0. The Kier molecular flexibility index (Phi) is 4.74. The van der Waals surface area contributed by atoms with Crippen LogP contribution in [0.4, 0.5) is 0 Å². The number of carbonyl (C=O) groups is 2. The molecule has 0 amide bonds. The average molecular weight is 411 g/mol. The molecule has 4 rings (SSSR count). The number of aromatic nitrogens is 1. The zero-order valence-electron chi connectivity index (χ0n) is 17.1. The Morgan fingerprint density at radius 1 is 1.07 bits per heavy atom. The largest absolute Gasteiger partial charge is 0.493 e. The molecule has 1 aromatic heterocycles. The molecule has 1 aliphatic carbocycles. The molecule has 1 aliphatic heterocycles. The van der Waals surface area contributed by atoms with Crippen molar-refractivity contribution in [3.05, 3.63) is 58.9 Å². The Morgan fingerprint density at radius 2 is 1.80 bits per heavy atom. The fraction of sp³-hybridized carbons (Fsp3) is 0.318. The summed E-state index contributed by atoms with van der Waals surface area (Å²) in [6.07, 6.45) is 4.76. The molecule has 0 saturated carbocycles. The van der Waals surface area contributed by atoms with E-state index in [9.17, 15) is 9.59 Å². The number of benzene rings is 1. The van der Waals surface area contributed by atoms with Crippen LogP contribution in [-0.2, 0) is 29.4 Å². The standard InChI is InChI=1S/C22H21NO7/c1-5-29-18-11-13-10-16(19(24)27-3)22(20(25)28-4)21(30-22,14-6-8-23-9-7-14)15(13)12-17(18)26-2/h6-12H,5H2,1-4H3. The van der Waals surface area contributed by atoms with Crippen LogP contribution < -0.4 is 9.47 Å². The first kappa shape index (κ1) is 19.9. The van der Waals surface area contributed by atoms with Gasteiger partial charge in [0.2, 0.25) is 5.60 Å². The minimum Gasteiger partial charge on any atom is -0.493 e. The summed E-state index contributed by atoms with van der Waals surface area (Å²) in [4.78, 5) is 29.8. The molecule has 2 aliphatic rings. The van der Waals surface area contributed by atoms with Gasteiger partial charge >= 0.3 is 11.9 Å². The van der Waals surface area contributed by atoms with Gasteiger partial charge in [0.25, 0.3) is 0 Å². The molecule has 30 heavy (non-hydrogen) atoms. The van der Waals surface area contributed by atoms with Gasteiger partial charge < -0.3 is 23.7 Å². The topological polar surface area (TPSA) is 96.5 Å². The first-order valence-corrected chi connectivity index (χ1v) is 9.35. The summed E-state index contributed by atoms with van der Waals surface area (Å²) >= 11 is 0. The highest BCUT2D eigenvalue weighted by Crippen LogP contribution is 2.67. The third-order valence-electron chi connectivity index (χ3n) is 5.42. The number of esters is 2. The van der Waals surface area contributed by atoms with E-state index in [1.807, 2.05) is 6.92 Å². The first-order chi connectivity index (χ1) is 14.5. The van der Waals surface area contributed by atoms with Gasteiger partial charge in [-0.25, -0.2) is 9.59 Å². The Balaban J connectivity index is 2.06. The lowest BCUT2D eigenvalue weighted by Gasteiger charge is -2.27. The molecular weight excluding hydrogens is 390 g/mol. The van der Waals surface area contributed by atoms with E-state index < -0.39 is 23.1 Å². The van der Waals surface area contributed by atoms with Crippen LogP contribution in [0.3, 0.4) is 0 Å². The lowest BCUT2D eigenvalue weighted by atomic mass is 9.71. The number of carbonyl (C=O) groups excluding carboxylic acids is 2. The second-order valence-electron chi connectivity index (χ2n) is 6.76. The SMILES string of the molecule is CCOc1cc2c(cc1OC)C1(c3ccncc3)OC1(C(=O)OC)C(C(=O)OC)=C2. The fourth-order valence-electron chi connectivity index (χ4n) is 4.13. The van der Waals surface area contributed by atoms with Gasteiger partial charge in [-0.1, -0.05) is 0 Å². The van der Waals surface area contributed by atoms with Crippen LogP contribution in [0, 0.1) is 0 Å². The van der Waals surface area contributed by atoms with Gasteiger partial charge in [0.05, 0.1) is 33.5 Å². The monoisotopic (exact) mass is 411 g/mol. The fourth-order valence-corrected chi connectivity index (χ4v) is 4.13. The normalized spacial score (nSPS) is 23.4. The Bertz CT molecular complexity index is 1050. The molecule has 2 heterocycles. The van der Waals surface area contributed by atoms with E-state index in [2.05, 4.69) is 4.98 Å². The van der Waals surface area contributed by atoms with Crippen molar-refractivity contribution in [2.24, 2.45) is 0 Å². The number of hydrogen-bond acceptors (Lipinski definition) is 8. The minimum atomic E-state index is -1.68. The van der Waals surface area contributed by atoms with Crippen LogP contribution in [0.5, 0.6) is 11.5 Å². The van der Waals surface area contributed by atoms with Crippen molar-refractivity contribution in [2.45, 2.75) is 18.1 Å². The second-order valence-corrected chi connectivity index (χ2v) is 6.76. The Labute approximate surface area is 173 Å². The lowest BCUT2D eigenvalue weighted by Crippen LogP contribution is -2.41. The number of nitrogens with zero attached hydrogens (tertiary/aromatic N) is 1. The highest BCUT2D eigenvalue weighted by molar-refractivity contribution is 6.09. The maximum Gasteiger partial charge on any atom is 0.347 e. The Hall–Kier alpha value is -3.39. The number of ether oxygens (including phenoxy) is 5. The quantitative estimate of drug-likeness (QED) is 0.528. The third kappa shape index (κ3) is 2.46. The molecule has 8 heteroatoms. The van der Waals surface area contributed by atoms with E-state index in [0.717, 1.165) is 0 Å². The number of pyridine rings is 1. The van der Waals surface area contributed by atoms with Gasteiger partial charge in [-0.2, -0.15) is 0 Å². The van der Waals surface area contributed by atoms with Crippen molar-refractivity contribution in [3.8, 4) is 11.5 Å². The van der Waals surface area contributed by atoms with Crippen LogP contribution >= 0.6 is 0 Å². The molecule has 1 aromatic carbocycles. The highest BCUT2D eigenvalue weighted by Gasteiger charge is 2.82. The van der Waals surface area contributed by atoms with E-state index in [4.69, 9.17) is 23.7 Å². The zero-order valence-corrected chi connectivity index (χ0v) is 17.1. The van der Waals surface area contributed by atoms with Crippen LogP contribution in [0.25, 0.3) is 6.08 Å². The number of epoxide rings is 1. The molecule has 1 saturated heterocycles. The summed E-state index contributed by atoms with van der Waals surface area (Å²) in [6, 6.07) is 6.98. The van der Waals surface area contributed by atoms with Crippen molar-refractivity contribution < 1.29 is 33.3 Å².